The summed E-state index contributed by atoms with van der Waals surface area (Å²) in [5.74, 6) is -0.142. The molecule has 0 aliphatic carbocycles. The first kappa shape index (κ1) is 23.7. The van der Waals surface area contributed by atoms with E-state index in [2.05, 4.69) is 5.16 Å². The summed E-state index contributed by atoms with van der Waals surface area (Å²) < 4.78 is 26.7. The molecule has 1 aromatic heterocycles. The number of Topliss-reactive ketones (excluding diaryl/α,β-unsaturated/α-hetero) is 1. The molecule has 0 bridgehead atoms. The van der Waals surface area contributed by atoms with E-state index in [0.29, 0.717) is 39.9 Å². The molecule has 1 N–H and O–H groups in total. The fourth-order valence-corrected chi connectivity index (χ4v) is 4.04. The third-order valence-corrected chi connectivity index (χ3v) is 5.65. The van der Waals surface area contributed by atoms with Gasteiger partial charge in [-0.15, -0.1) is 0 Å². The summed E-state index contributed by atoms with van der Waals surface area (Å²) in [6.07, 6.45) is 0. The van der Waals surface area contributed by atoms with Gasteiger partial charge in [0.1, 0.15) is 17.3 Å². The first-order valence-corrected chi connectivity index (χ1v) is 10.5. The predicted octanol–water partition coefficient (Wildman–Crippen LogP) is 3.64. The zero-order chi connectivity index (χ0) is 25.3. The number of ether oxygens (including phenoxy) is 4. The molecule has 1 unspecified atom stereocenters. The summed E-state index contributed by atoms with van der Waals surface area (Å²) in [6, 6.07) is 10.2. The molecule has 10 heteroatoms. The number of ketones is 1. The van der Waals surface area contributed by atoms with Crippen molar-refractivity contribution in [1.29, 1.82) is 0 Å². The Balaban J connectivity index is 2.01. The number of nitrogens with zero attached hydrogens (tertiary/aromatic N) is 2. The first-order chi connectivity index (χ1) is 16.8. The van der Waals surface area contributed by atoms with Crippen LogP contribution < -0.4 is 23.8 Å². The normalized spacial score (nSPS) is 16.9. The van der Waals surface area contributed by atoms with Crippen LogP contribution in [0.5, 0.6) is 23.0 Å². The quantitative estimate of drug-likeness (QED) is 0.307. The van der Waals surface area contributed by atoms with Crippen molar-refractivity contribution < 1.29 is 38.2 Å². The third kappa shape index (κ3) is 4.03. The van der Waals surface area contributed by atoms with Crippen molar-refractivity contribution in [3.63, 3.8) is 0 Å². The van der Waals surface area contributed by atoms with Gasteiger partial charge in [0.2, 0.25) is 5.75 Å². The molecule has 1 aliphatic rings. The van der Waals surface area contributed by atoms with Gasteiger partial charge in [0.05, 0.1) is 40.1 Å². The number of aryl methyl sites for hydroxylation is 1. The molecule has 1 atom stereocenters. The largest absolute Gasteiger partial charge is 0.507 e. The lowest BCUT2D eigenvalue weighted by molar-refractivity contribution is -0.132. The van der Waals surface area contributed by atoms with E-state index in [0.717, 1.165) is 0 Å². The number of carbonyl (C=O) groups is 2. The minimum absolute atomic E-state index is 0.119. The minimum atomic E-state index is -1.07. The second-order valence-corrected chi connectivity index (χ2v) is 7.66. The van der Waals surface area contributed by atoms with Gasteiger partial charge in [0.15, 0.2) is 17.3 Å². The number of hydrogen-bond acceptors (Lipinski definition) is 9. The van der Waals surface area contributed by atoms with E-state index in [4.69, 9.17) is 23.5 Å². The first-order valence-electron chi connectivity index (χ1n) is 10.5. The average Bonchev–Trinajstić information content (AvgIpc) is 3.42. The number of methoxy groups -OCH3 is 4. The van der Waals surface area contributed by atoms with Crippen LogP contribution in [-0.4, -0.2) is 50.4 Å². The van der Waals surface area contributed by atoms with Crippen LogP contribution >= 0.6 is 0 Å². The van der Waals surface area contributed by atoms with Crippen LogP contribution in [0.1, 0.15) is 22.9 Å². The molecule has 0 radical (unpaired) electrons. The second-order valence-electron chi connectivity index (χ2n) is 7.66. The van der Waals surface area contributed by atoms with Gasteiger partial charge in [0, 0.05) is 11.6 Å². The molecule has 35 heavy (non-hydrogen) atoms. The summed E-state index contributed by atoms with van der Waals surface area (Å²) >= 11 is 0. The van der Waals surface area contributed by atoms with E-state index < -0.39 is 17.7 Å². The van der Waals surface area contributed by atoms with E-state index in [-0.39, 0.29) is 17.2 Å². The lowest BCUT2D eigenvalue weighted by Crippen LogP contribution is -2.29. The third-order valence-electron chi connectivity index (χ3n) is 5.65. The topological polar surface area (TPSA) is 121 Å². The lowest BCUT2D eigenvalue weighted by atomic mass is 9.94. The molecule has 3 aromatic rings. The summed E-state index contributed by atoms with van der Waals surface area (Å²) in [5, 5.41) is 15.2. The number of hydrogen-bond donors (Lipinski definition) is 1. The van der Waals surface area contributed by atoms with Crippen LogP contribution in [0.4, 0.5) is 5.82 Å². The molecule has 4 rings (SSSR count). The van der Waals surface area contributed by atoms with Gasteiger partial charge in [-0.05, 0) is 36.8 Å². The molecule has 2 aromatic carbocycles. The van der Waals surface area contributed by atoms with E-state index in [1.54, 1.807) is 43.3 Å². The Bertz CT molecular complexity index is 1300. The number of anilines is 1. The maximum absolute atomic E-state index is 13.3. The number of rotatable bonds is 7. The standard InChI is InChI=1S/C25H24N2O8/c1-13-9-19(26-35-13)27-21(15-11-17(32-3)24(34-5)18(12-15)33-4)20(23(29)25(27)30)22(28)14-7-6-8-16(10-14)31-2/h6-12,21,28H,1-5H3/b22-20+. The van der Waals surface area contributed by atoms with E-state index in [1.165, 1.54) is 39.4 Å². The van der Waals surface area contributed by atoms with Crippen LogP contribution in [-0.2, 0) is 9.59 Å². The van der Waals surface area contributed by atoms with E-state index in [1.807, 2.05) is 0 Å². The lowest BCUT2D eigenvalue weighted by Gasteiger charge is -2.24. The summed E-state index contributed by atoms with van der Waals surface area (Å²) in [7, 11) is 5.86. The van der Waals surface area contributed by atoms with Crippen LogP contribution in [0.3, 0.4) is 0 Å². The highest BCUT2D eigenvalue weighted by Crippen LogP contribution is 2.47. The molecule has 0 saturated carbocycles. The minimum Gasteiger partial charge on any atom is -0.507 e. The van der Waals surface area contributed by atoms with Crippen molar-refractivity contribution in [3.8, 4) is 23.0 Å². The highest BCUT2D eigenvalue weighted by atomic mass is 16.5. The maximum Gasteiger partial charge on any atom is 0.301 e. The maximum atomic E-state index is 13.3. The van der Waals surface area contributed by atoms with Crippen LogP contribution in [0, 0.1) is 6.92 Å². The molecule has 1 amide bonds. The Morgan fingerprint density at radius 1 is 0.971 bits per heavy atom. The van der Waals surface area contributed by atoms with Gasteiger partial charge in [-0.1, -0.05) is 17.3 Å². The fourth-order valence-electron chi connectivity index (χ4n) is 4.04. The van der Waals surface area contributed by atoms with Crippen molar-refractivity contribution in [2.75, 3.05) is 33.3 Å². The van der Waals surface area contributed by atoms with Gasteiger partial charge in [-0.25, -0.2) is 0 Å². The Morgan fingerprint density at radius 3 is 2.20 bits per heavy atom. The molecule has 0 spiro atoms. The Hall–Kier alpha value is -4.47. The Morgan fingerprint density at radius 2 is 1.66 bits per heavy atom. The van der Waals surface area contributed by atoms with Crippen molar-refractivity contribution in [3.05, 3.63) is 64.9 Å². The van der Waals surface area contributed by atoms with Gasteiger partial charge < -0.3 is 28.6 Å². The van der Waals surface area contributed by atoms with Gasteiger partial charge in [0.25, 0.3) is 5.78 Å². The number of benzene rings is 2. The second kappa shape index (κ2) is 9.41. The van der Waals surface area contributed by atoms with Gasteiger partial charge in [-0.2, -0.15) is 0 Å². The molecule has 1 aliphatic heterocycles. The number of aliphatic hydroxyl groups is 1. The molecule has 1 saturated heterocycles. The van der Waals surface area contributed by atoms with Crippen molar-refractivity contribution in [2.45, 2.75) is 13.0 Å². The molecular weight excluding hydrogens is 456 g/mol. The molecule has 182 valence electrons. The number of carbonyl (C=O) groups excluding carboxylic acids is 2. The highest BCUT2D eigenvalue weighted by Gasteiger charge is 2.48. The van der Waals surface area contributed by atoms with Crippen molar-refractivity contribution >= 4 is 23.3 Å². The van der Waals surface area contributed by atoms with Crippen molar-refractivity contribution in [2.24, 2.45) is 0 Å². The smallest absolute Gasteiger partial charge is 0.301 e. The zero-order valence-electron chi connectivity index (χ0n) is 19.8. The summed E-state index contributed by atoms with van der Waals surface area (Å²) in [4.78, 5) is 27.7. The van der Waals surface area contributed by atoms with Gasteiger partial charge >= 0.3 is 5.91 Å². The highest BCUT2D eigenvalue weighted by molar-refractivity contribution is 6.51. The van der Waals surface area contributed by atoms with Crippen LogP contribution in [0.25, 0.3) is 5.76 Å². The summed E-state index contributed by atoms with van der Waals surface area (Å²) in [5.41, 5.74) is 0.582. The Labute approximate surface area is 201 Å². The zero-order valence-corrected chi connectivity index (χ0v) is 19.8. The SMILES string of the molecule is COc1cccc(/C(O)=C2\C(=O)C(=O)N(c3cc(C)on3)C2c2cc(OC)c(OC)c(OC)c2)c1. The molecule has 10 nitrogen and oxygen atoms in total. The predicted molar refractivity (Wildman–Crippen MR) is 125 cm³/mol. The monoisotopic (exact) mass is 480 g/mol. The summed E-state index contributed by atoms with van der Waals surface area (Å²) in [6.45, 7) is 1.66. The average molecular weight is 480 g/mol. The van der Waals surface area contributed by atoms with Crippen LogP contribution in [0.15, 0.2) is 52.6 Å². The van der Waals surface area contributed by atoms with Crippen LogP contribution in [0.2, 0.25) is 0 Å². The molecule has 1 fully saturated rings. The number of amides is 1. The number of aliphatic hydroxyl groups excluding tert-OH is 1. The van der Waals surface area contributed by atoms with E-state index >= 15 is 0 Å². The van der Waals surface area contributed by atoms with E-state index in [9.17, 15) is 14.7 Å². The Kier molecular flexibility index (Phi) is 6.37. The molecule has 2 heterocycles. The van der Waals surface area contributed by atoms with Crippen molar-refractivity contribution in [1.82, 2.24) is 5.16 Å². The molecular formula is C25H24N2O8. The fraction of sp³-hybridized carbons (Fsp3) is 0.240. The number of aromatic nitrogens is 1. The van der Waals surface area contributed by atoms with Gasteiger partial charge in [-0.3, -0.25) is 14.5 Å².